The van der Waals surface area contributed by atoms with Crippen LogP contribution in [0.2, 0.25) is 0 Å². The van der Waals surface area contributed by atoms with Gasteiger partial charge in [0.25, 0.3) is 5.91 Å². The van der Waals surface area contributed by atoms with Gasteiger partial charge < -0.3 is 10.3 Å². The molecule has 3 aromatic rings. The van der Waals surface area contributed by atoms with Crippen molar-refractivity contribution >= 4 is 26.8 Å². The van der Waals surface area contributed by atoms with Gasteiger partial charge in [-0.25, -0.2) is 17.9 Å². The van der Waals surface area contributed by atoms with Gasteiger partial charge in [0.1, 0.15) is 10.7 Å². The monoisotopic (exact) mass is 430 g/mol. The van der Waals surface area contributed by atoms with Crippen molar-refractivity contribution in [2.75, 3.05) is 0 Å². The van der Waals surface area contributed by atoms with Crippen LogP contribution in [0.5, 0.6) is 0 Å². The molecule has 4 N–H and O–H groups in total. The molecule has 0 atom stereocenters. The topological polar surface area (TPSA) is 118 Å². The summed E-state index contributed by atoms with van der Waals surface area (Å²) in [6.07, 6.45) is 6.27. The maximum Gasteiger partial charge on any atom is 0.254 e. The summed E-state index contributed by atoms with van der Waals surface area (Å²) in [6, 6.07) is 5.88. The summed E-state index contributed by atoms with van der Waals surface area (Å²) in [6.45, 7) is 1.65. The lowest BCUT2D eigenvalue weighted by Crippen LogP contribution is -2.36. The molecule has 30 heavy (non-hydrogen) atoms. The maximum absolute atomic E-state index is 14.3. The van der Waals surface area contributed by atoms with Crippen LogP contribution in [0.15, 0.2) is 35.4 Å². The van der Waals surface area contributed by atoms with Crippen LogP contribution in [-0.4, -0.2) is 30.3 Å². The van der Waals surface area contributed by atoms with Crippen LogP contribution >= 0.6 is 0 Å². The van der Waals surface area contributed by atoms with Crippen molar-refractivity contribution in [3.8, 4) is 11.4 Å². The number of nitrogens with one attached hydrogen (secondary N) is 2. The molecule has 9 heteroatoms. The summed E-state index contributed by atoms with van der Waals surface area (Å²) < 4.78 is 37.3. The number of nitrogens with two attached hydrogens (primary N) is 1. The van der Waals surface area contributed by atoms with Crippen molar-refractivity contribution < 1.29 is 17.6 Å². The van der Waals surface area contributed by atoms with E-state index in [9.17, 15) is 17.6 Å². The zero-order chi connectivity index (χ0) is 21.5. The first-order valence-electron chi connectivity index (χ1n) is 9.86. The largest absolute Gasteiger partial charge is 0.353 e. The Morgan fingerprint density at radius 2 is 1.97 bits per heavy atom. The standard InChI is InChI=1S/C21H23FN4O3S/c1-12-9-18-15(10-16(12)22)19(21(27)25-13-5-3-2-4-6-13)20(26-18)17-8-7-14(11-24-17)30(23,28)29/h7-11,13,26H,2-6H2,1H3,(H,25,27)(H2,23,28,29). The highest BCUT2D eigenvalue weighted by Gasteiger charge is 2.24. The third kappa shape index (κ3) is 3.95. The van der Waals surface area contributed by atoms with E-state index in [2.05, 4.69) is 15.3 Å². The predicted molar refractivity (Wildman–Crippen MR) is 112 cm³/mol. The normalized spacial score (nSPS) is 15.4. The summed E-state index contributed by atoms with van der Waals surface area (Å²) in [4.78, 5) is 20.4. The number of rotatable bonds is 4. The lowest BCUT2D eigenvalue weighted by atomic mass is 9.95. The van der Waals surface area contributed by atoms with Crippen LogP contribution in [0.3, 0.4) is 0 Å². The van der Waals surface area contributed by atoms with Crippen LogP contribution < -0.4 is 10.5 Å². The highest BCUT2D eigenvalue weighted by Crippen LogP contribution is 2.32. The number of benzene rings is 1. The summed E-state index contributed by atoms with van der Waals surface area (Å²) in [5.41, 5.74) is 2.13. The Morgan fingerprint density at radius 3 is 2.60 bits per heavy atom. The smallest absolute Gasteiger partial charge is 0.254 e. The van der Waals surface area contributed by atoms with Gasteiger partial charge in [0.2, 0.25) is 10.0 Å². The maximum atomic E-state index is 14.3. The Bertz CT molecular complexity index is 1210. The van der Waals surface area contributed by atoms with Crippen molar-refractivity contribution in [3.05, 3.63) is 47.4 Å². The van der Waals surface area contributed by atoms with E-state index in [0.717, 1.165) is 38.3 Å². The molecule has 4 rings (SSSR count). The Hall–Kier alpha value is -2.78. The van der Waals surface area contributed by atoms with Gasteiger partial charge in [-0.05, 0) is 49.6 Å². The lowest BCUT2D eigenvalue weighted by Gasteiger charge is -2.23. The zero-order valence-electron chi connectivity index (χ0n) is 16.5. The predicted octanol–water partition coefficient (Wildman–Crippen LogP) is 3.39. The first-order chi connectivity index (χ1) is 14.2. The van der Waals surface area contributed by atoms with Crippen molar-refractivity contribution in [2.45, 2.75) is 50.0 Å². The van der Waals surface area contributed by atoms with E-state index in [-0.39, 0.29) is 16.8 Å². The molecule has 2 heterocycles. The number of primary sulfonamides is 1. The molecule has 1 saturated carbocycles. The number of carbonyl (C=O) groups excluding carboxylic acids is 1. The Balaban J connectivity index is 1.81. The zero-order valence-corrected chi connectivity index (χ0v) is 17.4. The second kappa shape index (κ2) is 7.81. The van der Waals surface area contributed by atoms with E-state index < -0.39 is 15.8 Å². The molecule has 158 valence electrons. The van der Waals surface area contributed by atoms with Crippen LogP contribution in [0.1, 0.15) is 48.0 Å². The van der Waals surface area contributed by atoms with E-state index in [0.29, 0.717) is 33.4 Å². The number of carbonyl (C=O) groups is 1. The first kappa shape index (κ1) is 20.5. The quantitative estimate of drug-likeness (QED) is 0.588. The van der Waals surface area contributed by atoms with Gasteiger partial charge in [0, 0.05) is 23.1 Å². The molecule has 7 nitrogen and oxygen atoms in total. The molecule has 1 amide bonds. The highest BCUT2D eigenvalue weighted by molar-refractivity contribution is 7.89. The van der Waals surface area contributed by atoms with E-state index in [1.54, 1.807) is 13.0 Å². The van der Waals surface area contributed by atoms with Crippen molar-refractivity contribution in [1.29, 1.82) is 0 Å². The fraction of sp³-hybridized carbons (Fsp3) is 0.333. The number of halogens is 1. The number of hydrogen-bond donors (Lipinski definition) is 3. The third-order valence-corrected chi connectivity index (χ3v) is 6.46. The Morgan fingerprint density at radius 1 is 1.23 bits per heavy atom. The van der Waals surface area contributed by atoms with E-state index >= 15 is 0 Å². The molecule has 1 aliphatic rings. The van der Waals surface area contributed by atoms with Gasteiger partial charge in [-0.2, -0.15) is 0 Å². The minimum absolute atomic E-state index is 0.0806. The van der Waals surface area contributed by atoms with Gasteiger partial charge in [0.05, 0.1) is 17.0 Å². The average Bonchev–Trinajstić information content (AvgIpc) is 3.07. The summed E-state index contributed by atoms with van der Waals surface area (Å²) in [5.74, 6) is -0.707. The SMILES string of the molecule is Cc1cc2[nH]c(-c3ccc(S(N)(=O)=O)cn3)c(C(=O)NC3CCCCC3)c2cc1F. The minimum Gasteiger partial charge on any atom is -0.353 e. The van der Waals surface area contributed by atoms with Gasteiger partial charge in [0.15, 0.2) is 0 Å². The molecule has 1 aliphatic carbocycles. The molecular weight excluding hydrogens is 407 g/mol. The number of pyridine rings is 1. The second-order valence-corrected chi connectivity index (χ2v) is 9.32. The number of nitrogens with zero attached hydrogens (tertiary/aromatic N) is 1. The van der Waals surface area contributed by atoms with Gasteiger partial charge in [-0.15, -0.1) is 0 Å². The van der Waals surface area contributed by atoms with E-state index in [1.165, 1.54) is 18.2 Å². The van der Waals surface area contributed by atoms with Gasteiger partial charge in [-0.3, -0.25) is 9.78 Å². The Kier molecular flexibility index (Phi) is 5.33. The molecule has 0 radical (unpaired) electrons. The lowest BCUT2D eigenvalue weighted by molar-refractivity contribution is 0.0930. The molecule has 0 spiro atoms. The van der Waals surface area contributed by atoms with Gasteiger partial charge >= 0.3 is 0 Å². The highest BCUT2D eigenvalue weighted by atomic mass is 32.2. The molecule has 1 fully saturated rings. The van der Waals surface area contributed by atoms with Crippen molar-refractivity contribution in [2.24, 2.45) is 5.14 Å². The Labute approximate surface area is 173 Å². The van der Waals surface area contributed by atoms with E-state index in [1.807, 2.05) is 0 Å². The average molecular weight is 431 g/mol. The second-order valence-electron chi connectivity index (χ2n) is 7.75. The molecule has 0 aliphatic heterocycles. The summed E-state index contributed by atoms with van der Waals surface area (Å²) in [7, 11) is -3.88. The molecular formula is C21H23FN4O3S. The number of amides is 1. The summed E-state index contributed by atoms with van der Waals surface area (Å²) >= 11 is 0. The number of H-pyrrole nitrogens is 1. The molecule has 0 unspecified atom stereocenters. The fourth-order valence-corrected chi connectivity index (χ4v) is 4.41. The van der Waals surface area contributed by atoms with E-state index in [4.69, 9.17) is 5.14 Å². The molecule has 1 aromatic carbocycles. The van der Waals surface area contributed by atoms with Crippen LogP contribution in [-0.2, 0) is 10.0 Å². The molecule has 0 bridgehead atoms. The number of aromatic nitrogens is 2. The number of fused-ring (bicyclic) bond motifs is 1. The van der Waals surface area contributed by atoms with Crippen LogP contribution in [0.4, 0.5) is 4.39 Å². The van der Waals surface area contributed by atoms with Crippen molar-refractivity contribution in [3.63, 3.8) is 0 Å². The number of aromatic amines is 1. The number of aryl methyl sites for hydroxylation is 1. The molecule has 2 aromatic heterocycles. The fourth-order valence-electron chi connectivity index (χ4n) is 3.95. The number of sulfonamides is 1. The van der Waals surface area contributed by atoms with Crippen LogP contribution in [0, 0.1) is 12.7 Å². The summed E-state index contributed by atoms with van der Waals surface area (Å²) in [5, 5.41) is 8.67. The molecule has 0 saturated heterocycles. The third-order valence-electron chi connectivity index (χ3n) is 5.57. The van der Waals surface area contributed by atoms with Crippen LogP contribution in [0.25, 0.3) is 22.3 Å². The minimum atomic E-state index is -3.88. The van der Waals surface area contributed by atoms with Crippen molar-refractivity contribution in [1.82, 2.24) is 15.3 Å². The first-order valence-corrected chi connectivity index (χ1v) is 11.4. The van der Waals surface area contributed by atoms with Gasteiger partial charge in [-0.1, -0.05) is 19.3 Å². The number of hydrogen-bond acceptors (Lipinski definition) is 4.